The number of nitrogens with two attached hydrogens (primary N) is 1. The maximum absolute atomic E-state index is 5.83. The van der Waals surface area contributed by atoms with Gasteiger partial charge in [-0.25, -0.2) is 14.6 Å². The Balaban J connectivity index is 1.79. The van der Waals surface area contributed by atoms with Gasteiger partial charge in [-0.3, -0.25) is 0 Å². The summed E-state index contributed by atoms with van der Waals surface area (Å²) < 4.78 is 1.76. The van der Waals surface area contributed by atoms with Crippen molar-refractivity contribution in [2.75, 3.05) is 5.73 Å². The second kappa shape index (κ2) is 5.49. The van der Waals surface area contributed by atoms with Crippen molar-refractivity contribution in [2.45, 2.75) is 6.54 Å². The summed E-state index contributed by atoms with van der Waals surface area (Å²) in [7, 11) is 0. The van der Waals surface area contributed by atoms with Crippen LogP contribution in [0.2, 0.25) is 0 Å². The van der Waals surface area contributed by atoms with Crippen molar-refractivity contribution >= 4 is 16.9 Å². The molecule has 0 atom stereocenters. The van der Waals surface area contributed by atoms with Crippen LogP contribution in [0.4, 0.5) is 5.69 Å². The Hall–Kier alpha value is -3.28. The van der Waals surface area contributed by atoms with Gasteiger partial charge in [0.05, 0.1) is 6.54 Å². The molecule has 0 radical (unpaired) electrons. The van der Waals surface area contributed by atoms with Gasteiger partial charge in [0.1, 0.15) is 12.0 Å². The van der Waals surface area contributed by atoms with Gasteiger partial charge in [-0.15, -0.1) is 5.10 Å². The summed E-state index contributed by atoms with van der Waals surface area (Å²) in [5.41, 5.74) is 10.8. The number of nitrogen functional groups attached to an aromatic ring is 1. The monoisotopic (exact) mass is 302 g/mol. The maximum Gasteiger partial charge on any atom is 0.182 e. The number of nitrogens with zero attached hydrogens (tertiary/aromatic N) is 5. The Morgan fingerprint density at radius 3 is 2.65 bits per heavy atom. The van der Waals surface area contributed by atoms with Gasteiger partial charge in [0.2, 0.25) is 0 Å². The lowest BCUT2D eigenvalue weighted by Gasteiger charge is -2.04. The molecule has 0 unspecified atom stereocenters. The molecule has 0 saturated carbocycles. The summed E-state index contributed by atoms with van der Waals surface area (Å²) in [4.78, 5) is 8.71. The van der Waals surface area contributed by atoms with Gasteiger partial charge in [-0.1, -0.05) is 47.7 Å². The van der Waals surface area contributed by atoms with Gasteiger partial charge in [0.15, 0.2) is 11.2 Å². The lowest BCUT2D eigenvalue weighted by molar-refractivity contribution is 0.664. The van der Waals surface area contributed by atoms with Crippen LogP contribution in [0.15, 0.2) is 60.9 Å². The topological polar surface area (TPSA) is 82.5 Å². The summed E-state index contributed by atoms with van der Waals surface area (Å²) in [5.74, 6) is 0. The summed E-state index contributed by atoms with van der Waals surface area (Å²) in [5, 5.41) is 8.50. The van der Waals surface area contributed by atoms with Crippen LogP contribution >= 0.6 is 0 Å². The molecule has 2 aromatic carbocycles. The van der Waals surface area contributed by atoms with Crippen LogP contribution in [-0.4, -0.2) is 25.0 Å². The largest absolute Gasteiger partial charge is 0.399 e. The van der Waals surface area contributed by atoms with Gasteiger partial charge < -0.3 is 5.73 Å². The zero-order valence-corrected chi connectivity index (χ0v) is 12.3. The molecule has 6 nitrogen and oxygen atoms in total. The van der Waals surface area contributed by atoms with Crippen LogP contribution < -0.4 is 5.73 Å². The minimum absolute atomic E-state index is 0.562. The van der Waals surface area contributed by atoms with E-state index in [1.165, 1.54) is 0 Å². The highest BCUT2D eigenvalue weighted by Crippen LogP contribution is 2.23. The molecule has 6 heteroatoms. The molecule has 2 N–H and O–H groups in total. The highest BCUT2D eigenvalue weighted by Gasteiger charge is 2.13. The molecule has 0 spiro atoms. The molecular weight excluding hydrogens is 288 g/mol. The molecule has 112 valence electrons. The van der Waals surface area contributed by atoms with E-state index in [0.29, 0.717) is 17.7 Å². The average molecular weight is 302 g/mol. The highest BCUT2D eigenvalue weighted by molar-refractivity contribution is 5.86. The van der Waals surface area contributed by atoms with Gasteiger partial charge >= 0.3 is 0 Å². The van der Waals surface area contributed by atoms with E-state index in [1.807, 2.05) is 54.6 Å². The van der Waals surface area contributed by atoms with E-state index in [2.05, 4.69) is 20.3 Å². The van der Waals surface area contributed by atoms with Gasteiger partial charge in [0.25, 0.3) is 0 Å². The molecular formula is C17H14N6. The molecule has 0 saturated heterocycles. The summed E-state index contributed by atoms with van der Waals surface area (Å²) >= 11 is 0. The molecule has 0 aliphatic carbocycles. The molecule has 0 amide bonds. The van der Waals surface area contributed by atoms with Crippen molar-refractivity contribution in [3.63, 3.8) is 0 Å². The summed E-state index contributed by atoms with van der Waals surface area (Å²) in [6, 6.07) is 17.6. The lowest BCUT2D eigenvalue weighted by Crippen LogP contribution is -2.03. The zero-order valence-electron chi connectivity index (χ0n) is 12.3. The predicted molar refractivity (Wildman–Crippen MR) is 88.5 cm³/mol. The summed E-state index contributed by atoms with van der Waals surface area (Å²) in [6.45, 7) is 0.562. The SMILES string of the molecule is Nc1cccc(Cn2nnc3c(-c4ccccc4)ncnc32)c1. The fourth-order valence-corrected chi connectivity index (χ4v) is 2.57. The number of aromatic nitrogens is 5. The fourth-order valence-electron chi connectivity index (χ4n) is 2.57. The van der Waals surface area contributed by atoms with Crippen molar-refractivity contribution in [1.29, 1.82) is 0 Å². The number of anilines is 1. The molecule has 23 heavy (non-hydrogen) atoms. The highest BCUT2D eigenvalue weighted by atomic mass is 15.4. The molecule has 2 heterocycles. The average Bonchev–Trinajstić information content (AvgIpc) is 2.99. The summed E-state index contributed by atoms with van der Waals surface area (Å²) in [6.07, 6.45) is 1.55. The minimum Gasteiger partial charge on any atom is -0.399 e. The number of benzene rings is 2. The molecule has 0 bridgehead atoms. The second-order valence-corrected chi connectivity index (χ2v) is 5.25. The van der Waals surface area contributed by atoms with Gasteiger partial charge in [0, 0.05) is 11.3 Å². The Bertz CT molecular complexity index is 961. The van der Waals surface area contributed by atoms with Crippen molar-refractivity contribution in [1.82, 2.24) is 25.0 Å². The minimum atomic E-state index is 0.562. The lowest BCUT2D eigenvalue weighted by atomic mass is 10.1. The first-order valence-corrected chi connectivity index (χ1v) is 7.25. The molecule has 0 aliphatic heterocycles. The van der Waals surface area contributed by atoms with Gasteiger partial charge in [-0.05, 0) is 17.7 Å². The first-order valence-electron chi connectivity index (χ1n) is 7.25. The number of hydrogen-bond acceptors (Lipinski definition) is 5. The van der Waals surface area contributed by atoms with E-state index in [9.17, 15) is 0 Å². The quantitative estimate of drug-likeness (QED) is 0.588. The van der Waals surface area contributed by atoms with E-state index in [4.69, 9.17) is 5.73 Å². The molecule has 0 fully saturated rings. The molecule has 2 aromatic heterocycles. The van der Waals surface area contributed by atoms with E-state index >= 15 is 0 Å². The number of fused-ring (bicyclic) bond motifs is 1. The van der Waals surface area contributed by atoms with Crippen molar-refractivity contribution < 1.29 is 0 Å². The van der Waals surface area contributed by atoms with Crippen LogP contribution in [0, 0.1) is 0 Å². The Kier molecular flexibility index (Phi) is 3.20. The van der Waals surface area contributed by atoms with Gasteiger partial charge in [-0.2, -0.15) is 0 Å². The van der Waals surface area contributed by atoms with Crippen LogP contribution in [-0.2, 0) is 6.54 Å². The van der Waals surface area contributed by atoms with Crippen LogP contribution in [0.3, 0.4) is 0 Å². The normalized spacial score (nSPS) is 11.0. The van der Waals surface area contributed by atoms with E-state index < -0.39 is 0 Å². The molecule has 4 aromatic rings. The van der Waals surface area contributed by atoms with E-state index in [1.54, 1.807) is 11.0 Å². The third-order valence-corrected chi connectivity index (χ3v) is 3.63. The maximum atomic E-state index is 5.83. The second-order valence-electron chi connectivity index (χ2n) is 5.25. The van der Waals surface area contributed by atoms with Crippen molar-refractivity contribution in [2.24, 2.45) is 0 Å². The van der Waals surface area contributed by atoms with E-state index in [0.717, 1.165) is 22.5 Å². The van der Waals surface area contributed by atoms with E-state index in [-0.39, 0.29) is 0 Å². The molecule has 0 aliphatic rings. The first kappa shape index (κ1) is 13.4. The number of rotatable bonds is 3. The smallest absolute Gasteiger partial charge is 0.182 e. The van der Waals surface area contributed by atoms with Crippen LogP contribution in [0.1, 0.15) is 5.56 Å². The van der Waals surface area contributed by atoms with Crippen LogP contribution in [0.25, 0.3) is 22.4 Å². The fraction of sp³-hybridized carbons (Fsp3) is 0.0588. The van der Waals surface area contributed by atoms with Crippen LogP contribution in [0.5, 0.6) is 0 Å². The third-order valence-electron chi connectivity index (χ3n) is 3.63. The molecule has 4 rings (SSSR count). The Morgan fingerprint density at radius 2 is 1.83 bits per heavy atom. The zero-order chi connectivity index (χ0) is 15.6. The van der Waals surface area contributed by atoms with Crippen molar-refractivity contribution in [3.05, 3.63) is 66.5 Å². The standard InChI is InChI=1S/C17H14N6/c18-14-8-4-5-12(9-14)10-23-17-16(21-22-23)15(19-11-20-17)13-6-2-1-3-7-13/h1-9,11H,10,18H2. The van der Waals surface area contributed by atoms with Crippen molar-refractivity contribution in [3.8, 4) is 11.3 Å². The first-order chi connectivity index (χ1) is 11.3. The Labute approximate surface area is 132 Å². The Morgan fingerprint density at radius 1 is 0.957 bits per heavy atom. The third kappa shape index (κ3) is 2.50. The number of hydrogen-bond donors (Lipinski definition) is 1. The predicted octanol–water partition coefficient (Wildman–Crippen LogP) is 2.52.